The van der Waals surface area contributed by atoms with Gasteiger partial charge in [-0.1, -0.05) is 18.2 Å². The number of rotatable bonds is 1. The van der Waals surface area contributed by atoms with Gasteiger partial charge in [-0.3, -0.25) is 0 Å². The van der Waals surface area contributed by atoms with Gasteiger partial charge in [0.1, 0.15) is 17.2 Å². The topological polar surface area (TPSA) is 18.5 Å². The summed E-state index contributed by atoms with van der Waals surface area (Å²) in [5.41, 5.74) is 2.11. The van der Waals surface area contributed by atoms with Crippen LogP contribution in [0.1, 0.15) is 16.5 Å². The van der Waals surface area contributed by atoms with Crippen molar-refractivity contribution >= 4 is 11.6 Å². The minimum Gasteiger partial charge on any atom is -0.497 e. The predicted molar refractivity (Wildman–Crippen MR) is 71.8 cm³/mol. The Morgan fingerprint density at radius 2 is 2.00 bits per heavy atom. The van der Waals surface area contributed by atoms with Crippen LogP contribution in [0.2, 0.25) is 0 Å². The summed E-state index contributed by atoms with van der Waals surface area (Å²) in [5.74, 6) is 2.49. The molecule has 0 N–H and O–H groups in total. The van der Waals surface area contributed by atoms with Crippen LogP contribution in [0, 0.1) is 0 Å². The fourth-order valence-corrected chi connectivity index (χ4v) is 2.52. The average Bonchev–Trinajstić information content (AvgIpc) is 2.54. The highest BCUT2D eigenvalue weighted by molar-refractivity contribution is 6.21. The Bertz CT molecular complexity index is 580. The van der Waals surface area contributed by atoms with Crippen LogP contribution in [0.4, 0.5) is 0 Å². The van der Waals surface area contributed by atoms with Crippen molar-refractivity contribution in [1.29, 1.82) is 0 Å². The molecular weight excluding hydrogens is 248 g/mol. The van der Waals surface area contributed by atoms with E-state index in [9.17, 15) is 0 Å². The van der Waals surface area contributed by atoms with E-state index in [1.54, 1.807) is 7.11 Å². The number of hydrogen-bond donors (Lipinski definition) is 0. The van der Waals surface area contributed by atoms with Gasteiger partial charge in [0.25, 0.3) is 0 Å². The number of fused-ring (bicyclic) bond motifs is 2. The zero-order valence-corrected chi connectivity index (χ0v) is 10.8. The third-order valence-electron chi connectivity index (χ3n) is 3.15. The molecule has 3 rings (SSSR count). The Kier molecular flexibility index (Phi) is 2.88. The highest BCUT2D eigenvalue weighted by atomic mass is 35.5. The predicted octanol–water partition coefficient (Wildman–Crippen LogP) is 4.32. The molecule has 0 aliphatic carbocycles. The van der Waals surface area contributed by atoms with Gasteiger partial charge in [0, 0.05) is 5.56 Å². The van der Waals surface area contributed by atoms with E-state index in [-0.39, 0.29) is 5.38 Å². The maximum atomic E-state index is 6.47. The fraction of sp³-hybridized carbons (Fsp3) is 0.200. The Hall–Kier alpha value is -1.67. The number of halogens is 1. The second-order valence-corrected chi connectivity index (χ2v) is 4.81. The molecule has 0 saturated heterocycles. The molecule has 0 saturated carbocycles. The van der Waals surface area contributed by atoms with Crippen molar-refractivity contribution in [1.82, 2.24) is 0 Å². The van der Waals surface area contributed by atoms with Crippen molar-refractivity contribution in [2.75, 3.05) is 7.11 Å². The van der Waals surface area contributed by atoms with Crippen LogP contribution in [0.25, 0.3) is 0 Å². The van der Waals surface area contributed by atoms with Gasteiger partial charge in [-0.2, -0.15) is 0 Å². The van der Waals surface area contributed by atoms with Crippen LogP contribution in [-0.2, 0) is 6.42 Å². The van der Waals surface area contributed by atoms with E-state index < -0.39 is 0 Å². The van der Waals surface area contributed by atoms with Gasteiger partial charge < -0.3 is 9.47 Å². The molecule has 92 valence electrons. The van der Waals surface area contributed by atoms with E-state index >= 15 is 0 Å². The van der Waals surface area contributed by atoms with Gasteiger partial charge in [0.15, 0.2) is 0 Å². The lowest BCUT2D eigenvalue weighted by molar-refractivity contribution is 0.412. The second kappa shape index (κ2) is 4.54. The molecule has 1 atom stereocenters. The van der Waals surface area contributed by atoms with E-state index in [0.29, 0.717) is 0 Å². The minimum atomic E-state index is -0.0984. The molecule has 18 heavy (non-hydrogen) atoms. The summed E-state index contributed by atoms with van der Waals surface area (Å²) < 4.78 is 11.2. The molecule has 0 fully saturated rings. The standard InChI is InChI=1S/C15H13ClO2/c1-17-11-6-7-15-12(9-11)13(16)8-10-4-2-3-5-14(10)18-15/h2-7,9,13H,8H2,1H3. The SMILES string of the molecule is COc1ccc2c(c1)C(Cl)Cc1ccccc1O2. The van der Waals surface area contributed by atoms with Crippen molar-refractivity contribution in [3.63, 3.8) is 0 Å². The molecule has 1 aliphatic rings. The van der Waals surface area contributed by atoms with Crippen LogP contribution in [0.3, 0.4) is 0 Å². The van der Waals surface area contributed by atoms with Crippen LogP contribution in [-0.4, -0.2) is 7.11 Å². The van der Waals surface area contributed by atoms with Crippen molar-refractivity contribution < 1.29 is 9.47 Å². The van der Waals surface area contributed by atoms with Crippen molar-refractivity contribution in [3.8, 4) is 17.2 Å². The molecule has 3 heteroatoms. The first kappa shape index (κ1) is 11.4. The maximum Gasteiger partial charge on any atom is 0.132 e. The zero-order chi connectivity index (χ0) is 12.5. The summed E-state index contributed by atoms with van der Waals surface area (Å²) in [6, 6.07) is 13.7. The summed E-state index contributed by atoms with van der Waals surface area (Å²) in [4.78, 5) is 0. The van der Waals surface area contributed by atoms with E-state index in [1.807, 2.05) is 42.5 Å². The van der Waals surface area contributed by atoms with Gasteiger partial charge in [-0.05, 0) is 36.2 Å². The molecular formula is C15H13ClO2. The first-order valence-electron chi connectivity index (χ1n) is 5.85. The minimum absolute atomic E-state index is 0.0984. The molecule has 0 spiro atoms. The largest absolute Gasteiger partial charge is 0.497 e. The number of hydrogen-bond acceptors (Lipinski definition) is 2. The van der Waals surface area contributed by atoms with E-state index in [0.717, 1.165) is 34.8 Å². The number of para-hydroxylation sites is 1. The van der Waals surface area contributed by atoms with Gasteiger partial charge in [-0.15, -0.1) is 11.6 Å². The molecule has 0 bridgehead atoms. The molecule has 1 unspecified atom stereocenters. The van der Waals surface area contributed by atoms with Crippen LogP contribution >= 0.6 is 11.6 Å². The normalized spacial score (nSPS) is 17.1. The number of ether oxygens (including phenoxy) is 2. The van der Waals surface area contributed by atoms with Gasteiger partial charge in [-0.25, -0.2) is 0 Å². The summed E-state index contributed by atoms with van der Waals surface area (Å²) in [6.45, 7) is 0. The highest BCUT2D eigenvalue weighted by Crippen LogP contribution is 2.42. The summed E-state index contributed by atoms with van der Waals surface area (Å²) in [5, 5.41) is -0.0984. The highest BCUT2D eigenvalue weighted by Gasteiger charge is 2.22. The number of benzene rings is 2. The number of methoxy groups -OCH3 is 1. The Balaban J connectivity index is 2.10. The second-order valence-electron chi connectivity index (χ2n) is 4.29. The monoisotopic (exact) mass is 260 g/mol. The van der Waals surface area contributed by atoms with Gasteiger partial charge in [0.05, 0.1) is 12.5 Å². The molecule has 2 nitrogen and oxygen atoms in total. The maximum absolute atomic E-state index is 6.47. The molecule has 0 aromatic heterocycles. The van der Waals surface area contributed by atoms with E-state index in [4.69, 9.17) is 21.1 Å². The van der Waals surface area contributed by atoms with Gasteiger partial charge in [0.2, 0.25) is 0 Å². The lowest BCUT2D eigenvalue weighted by Crippen LogP contribution is -1.94. The van der Waals surface area contributed by atoms with Crippen LogP contribution in [0.15, 0.2) is 42.5 Å². The zero-order valence-electron chi connectivity index (χ0n) is 10.0. The Morgan fingerprint density at radius 3 is 2.83 bits per heavy atom. The smallest absolute Gasteiger partial charge is 0.132 e. The summed E-state index contributed by atoms with van der Waals surface area (Å²) >= 11 is 6.47. The first-order chi connectivity index (χ1) is 8.78. The van der Waals surface area contributed by atoms with E-state index in [1.165, 1.54) is 0 Å². The average molecular weight is 261 g/mol. The lowest BCUT2D eigenvalue weighted by atomic mass is 10.0. The molecule has 0 amide bonds. The van der Waals surface area contributed by atoms with E-state index in [2.05, 4.69) is 0 Å². The first-order valence-corrected chi connectivity index (χ1v) is 6.29. The molecule has 2 aromatic rings. The van der Waals surface area contributed by atoms with Gasteiger partial charge >= 0.3 is 0 Å². The lowest BCUT2D eigenvalue weighted by Gasteiger charge is -2.11. The Morgan fingerprint density at radius 1 is 1.17 bits per heavy atom. The third-order valence-corrected chi connectivity index (χ3v) is 3.54. The molecule has 1 aliphatic heterocycles. The van der Waals surface area contributed by atoms with Crippen molar-refractivity contribution in [2.45, 2.75) is 11.8 Å². The van der Waals surface area contributed by atoms with Crippen molar-refractivity contribution in [3.05, 3.63) is 53.6 Å². The summed E-state index contributed by atoms with van der Waals surface area (Å²) in [7, 11) is 1.65. The quantitative estimate of drug-likeness (QED) is 0.711. The van der Waals surface area contributed by atoms with Crippen molar-refractivity contribution in [2.24, 2.45) is 0 Å². The molecule has 1 heterocycles. The molecule has 0 radical (unpaired) electrons. The van der Waals surface area contributed by atoms with Crippen LogP contribution < -0.4 is 9.47 Å². The molecule has 2 aromatic carbocycles. The Labute approximate surface area is 111 Å². The number of alkyl halides is 1. The fourth-order valence-electron chi connectivity index (χ4n) is 2.18. The summed E-state index contributed by atoms with van der Waals surface area (Å²) in [6.07, 6.45) is 0.762. The van der Waals surface area contributed by atoms with Crippen LogP contribution in [0.5, 0.6) is 17.2 Å². The third kappa shape index (κ3) is 1.93.